The van der Waals surface area contributed by atoms with Crippen LogP contribution in [-0.4, -0.2) is 34.0 Å². The predicted molar refractivity (Wildman–Crippen MR) is 61.1 cm³/mol. The molecule has 1 fully saturated rings. The van der Waals surface area contributed by atoms with Crippen molar-refractivity contribution < 1.29 is 14.7 Å². The Balaban J connectivity index is 2.62. The Hall–Kier alpha value is -1.06. The van der Waals surface area contributed by atoms with Gasteiger partial charge in [-0.1, -0.05) is 6.42 Å². The molecule has 0 atom stereocenters. The molecule has 0 bridgehead atoms. The summed E-state index contributed by atoms with van der Waals surface area (Å²) in [5.74, 6) is -0.594. The maximum absolute atomic E-state index is 12.1. The van der Waals surface area contributed by atoms with Gasteiger partial charge in [-0.05, 0) is 33.6 Å². The Kier molecular flexibility index (Phi) is 3.94. The molecule has 0 saturated heterocycles. The minimum Gasteiger partial charge on any atom is -0.481 e. The van der Waals surface area contributed by atoms with Gasteiger partial charge in [-0.2, -0.15) is 0 Å². The van der Waals surface area contributed by atoms with Crippen molar-refractivity contribution in [3.8, 4) is 0 Å². The molecular weight excluding hydrogens is 206 g/mol. The van der Waals surface area contributed by atoms with Crippen LogP contribution in [0.4, 0.5) is 0 Å². The van der Waals surface area contributed by atoms with Crippen LogP contribution in [0.15, 0.2) is 0 Å². The second-order valence-electron chi connectivity index (χ2n) is 5.43. The maximum Gasteiger partial charge on any atom is 0.305 e. The monoisotopic (exact) mass is 227 g/mol. The molecule has 0 aromatic rings. The molecule has 0 radical (unpaired) electrons. The maximum atomic E-state index is 12.1. The molecule has 0 aromatic carbocycles. The fourth-order valence-corrected chi connectivity index (χ4v) is 1.86. The Labute approximate surface area is 96.6 Å². The molecule has 1 saturated carbocycles. The van der Waals surface area contributed by atoms with Crippen LogP contribution in [0.1, 0.15) is 46.5 Å². The van der Waals surface area contributed by atoms with Gasteiger partial charge < -0.3 is 10.0 Å². The minimum atomic E-state index is -0.851. The Morgan fingerprint density at radius 2 is 1.88 bits per heavy atom. The van der Waals surface area contributed by atoms with E-state index < -0.39 is 5.97 Å². The van der Waals surface area contributed by atoms with Crippen LogP contribution in [-0.2, 0) is 9.59 Å². The first-order valence-corrected chi connectivity index (χ1v) is 5.85. The molecule has 4 nitrogen and oxygen atoms in total. The lowest BCUT2D eigenvalue weighted by Gasteiger charge is -2.40. The summed E-state index contributed by atoms with van der Waals surface area (Å²) in [6.45, 7) is 6.16. The summed E-state index contributed by atoms with van der Waals surface area (Å²) in [4.78, 5) is 24.4. The lowest BCUT2D eigenvalue weighted by Crippen LogP contribution is -2.50. The molecule has 1 aliphatic rings. The highest BCUT2D eigenvalue weighted by molar-refractivity contribution is 5.80. The molecule has 16 heavy (non-hydrogen) atoms. The highest BCUT2D eigenvalue weighted by atomic mass is 16.4. The van der Waals surface area contributed by atoms with Gasteiger partial charge in [-0.25, -0.2) is 0 Å². The summed E-state index contributed by atoms with van der Waals surface area (Å²) < 4.78 is 0. The number of carbonyl (C=O) groups excluding carboxylic acids is 1. The number of aliphatic carboxylic acids is 1. The first kappa shape index (κ1) is 13.0. The third-order valence-corrected chi connectivity index (χ3v) is 3.08. The van der Waals surface area contributed by atoms with Crippen LogP contribution in [0.2, 0.25) is 0 Å². The molecular formula is C12H21NO3. The van der Waals surface area contributed by atoms with Crippen LogP contribution in [0.5, 0.6) is 0 Å². The summed E-state index contributed by atoms with van der Waals surface area (Å²) in [7, 11) is 0. The molecule has 0 aromatic heterocycles. The molecule has 1 rings (SSSR count). The fraction of sp³-hybridized carbons (Fsp3) is 0.833. The lowest BCUT2D eigenvalue weighted by atomic mass is 9.83. The summed E-state index contributed by atoms with van der Waals surface area (Å²) in [5, 5.41) is 8.68. The zero-order valence-corrected chi connectivity index (χ0v) is 10.3. The van der Waals surface area contributed by atoms with Crippen molar-refractivity contribution in [1.82, 2.24) is 4.90 Å². The number of hydrogen-bond acceptors (Lipinski definition) is 2. The van der Waals surface area contributed by atoms with Crippen molar-refractivity contribution in [1.29, 1.82) is 0 Å². The van der Waals surface area contributed by atoms with Gasteiger partial charge in [-0.3, -0.25) is 9.59 Å². The van der Waals surface area contributed by atoms with Crippen molar-refractivity contribution in [2.24, 2.45) is 5.92 Å². The van der Waals surface area contributed by atoms with E-state index in [-0.39, 0.29) is 23.8 Å². The van der Waals surface area contributed by atoms with Crippen LogP contribution in [0.25, 0.3) is 0 Å². The molecule has 0 aliphatic heterocycles. The van der Waals surface area contributed by atoms with Crippen molar-refractivity contribution in [3.05, 3.63) is 0 Å². The van der Waals surface area contributed by atoms with Crippen LogP contribution in [0.3, 0.4) is 0 Å². The largest absolute Gasteiger partial charge is 0.481 e. The number of hydrogen-bond donors (Lipinski definition) is 1. The first-order valence-electron chi connectivity index (χ1n) is 5.85. The molecule has 0 spiro atoms. The number of carbonyl (C=O) groups is 2. The van der Waals surface area contributed by atoms with Gasteiger partial charge in [0.15, 0.2) is 0 Å². The normalized spacial score (nSPS) is 16.7. The van der Waals surface area contributed by atoms with Crippen molar-refractivity contribution in [3.63, 3.8) is 0 Å². The topological polar surface area (TPSA) is 57.6 Å². The van der Waals surface area contributed by atoms with Gasteiger partial charge in [0.25, 0.3) is 0 Å². The fourth-order valence-electron chi connectivity index (χ4n) is 1.86. The smallest absolute Gasteiger partial charge is 0.305 e. The van der Waals surface area contributed by atoms with E-state index in [4.69, 9.17) is 5.11 Å². The Morgan fingerprint density at radius 1 is 1.31 bits per heavy atom. The number of carboxylic acids is 1. The zero-order valence-electron chi connectivity index (χ0n) is 10.3. The highest BCUT2D eigenvalue weighted by Gasteiger charge is 2.34. The summed E-state index contributed by atoms with van der Waals surface area (Å²) in [6, 6.07) is 0. The van der Waals surface area contributed by atoms with Gasteiger partial charge >= 0.3 is 5.97 Å². The van der Waals surface area contributed by atoms with Gasteiger partial charge in [-0.15, -0.1) is 0 Å². The van der Waals surface area contributed by atoms with E-state index in [0.717, 1.165) is 19.3 Å². The molecule has 0 unspecified atom stereocenters. The van der Waals surface area contributed by atoms with Crippen molar-refractivity contribution in [2.75, 3.05) is 6.54 Å². The van der Waals surface area contributed by atoms with Gasteiger partial charge in [0, 0.05) is 18.0 Å². The number of carboxylic acid groups (broad SMARTS) is 1. The summed E-state index contributed by atoms with van der Waals surface area (Å²) in [6.07, 6.45) is 3.06. The Morgan fingerprint density at radius 3 is 2.19 bits per heavy atom. The molecule has 1 N–H and O–H groups in total. The number of amides is 1. The molecule has 0 heterocycles. The van der Waals surface area contributed by atoms with Crippen LogP contribution < -0.4 is 0 Å². The summed E-state index contributed by atoms with van der Waals surface area (Å²) in [5.41, 5.74) is -0.290. The standard InChI is InChI=1S/C12H21NO3/c1-12(2,3)13(8-7-10(14)15)11(16)9-5-4-6-9/h9H,4-8H2,1-3H3,(H,14,15). The SMILES string of the molecule is CC(C)(C)N(CCC(=O)O)C(=O)C1CCC1. The summed E-state index contributed by atoms with van der Waals surface area (Å²) >= 11 is 0. The van der Waals surface area contributed by atoms with Gasteiger partial charge in [0.2, 0.25) is 5.91 Å². The third kappa shape index (κ3) is 3.22. The third-order valence-electron chi connectivity index (χ3n) is 3.08. The average Bonchev–Trinajstić information content (AvgIpc) is 1.96. The van der Waals surface area contributed by atoms with E-state index in [1.54, 1.807) is 4.90 Å². The van der Waals surface area contributed by atoms with Gasteiger partial charge in [0.05, 0.1) is 6.42 Å². The van der Waals surface area contributed by atoms with E-state index in [2.05, 4.69) is 0 Å². The van der Waals surface area contributed by atoms with E-state index in [0.29, 0.717) is 6.54 Å². The number of nitrogens with zero attached hydrogens (tertiary/aromatic N) is 1. The zero-order chi connectivity index (χ0) is 12.3. The van der Waals surface area contributed by atoms with Crippen LogP contribution >= 0.6 is 0 Å². The van der Waals surface area contributed by atoms with E-state index in [1.807, 2.05) is 20.8 Å². The second-order valence-corrected chi connectivity index (χ2v) is 5.43. The Bertz CT molecular complexity index is 276. The molecule has 1 aliphatic carbocycles. The molecule has 92 valence electrons. The van der Waals surface area contributed by atoms with Crippen molar-refractivity contribution >= 4 is 11.9 Å². The molecule has 4 heteroatoms. The van der Waals surface area contributed by atoms with E-state index in [1.165, 1.54) is 0 Å². The predicted octanol–water partition coefficient (Wildman–Crippen LogP) is 1.89. The second kappa shape index (κ2) is 4.85. The quantitative estimate of drug-likeness (QED) is 0.797. The number of rotatable bonds is 4. The van der Waals surface area contributed by atoms with E-state index >= 15 is 0 Å². The highest BCUT2D eigenvalue weighted by Crippen LogP contribution is 2.30. The van der Waals surface area contributed by atoms with Crippen molar-refractivity contribution in [2.45, 2.75) is 52.0 Å². The van der Waals surface area contributed by atoms with Gasteiger partial charge in [0.1, 0.15) is 0 Å². The lowest BCUT2D eigenvalue weighted by molar-refractivity contribution is -0.145. The first-order chi connectivity index (χ1) is 7.32. The van der Waals surface area contributed by atoms with Crippen LogP contribution in [0, 0.1) is 5.92 Å². The molecule has 1 amide bonds. The van der Waals surface area contributed by atoms with E-state index in [9.17, 15) is 9.59 Å². The average molecular weight is 227 g/mol. The minimum absolute atomic E-state index is 0.0235.